The van der Waals surface area contributed by atoms with E-state index < -0.39 is 17.2 Å². The number of hydrogen-bond acceptors (Lipinski definition) is 6. The van der Waals surface area contributed by atoms with Gasteiger partial charge in [0.25, 0.3) is 5.56 Å². The van der Waals surface area contributed by atoms with Crippen LogP contribution in [0.2, 0.25) is 0 Å². The molecule has 1 aliphatic rings. The molecule has 140 valence electrons. The molecular weight excluding hydrogens is 350 g/mol. The predicted molar refractivity (Wildman–Crippen MR) is 99.1 cm³/mol. The maximum Gasteiger partial charge on any atom is 0.332 e. The summed E-state index contributed by atoms with van der Waals surface area (Å²) < 4.78 is 7.59. The molecule has 27 heavy (non-hydrogen) atoms. The summed E-state index contributed by atoms with van der Waals surface area (Å²) in [5.74, 6) is 0.744. The third-order valence-electron chi connectivity index (χ3n) is 5.04. The molecule has 0 amide bonds. The minimum Gasteiger partial charge on any atom is -0.504 e. The number of rotatable bonds is 2. The molecule has 0 aliphatic carbocycles. The molecule has 3 heterocycles. The molecule has 9 nitrogen and oxygen atoms in total. The lowest BCUT2D eigenvalue weighted by Crippen LogP contribution is -2.42. The van der Waals surface area contributed by atoms with Gasteiger partial charge in [0.05, 0.1) is 12.7 Å². The normalized spacial score (nSPS) is 15.0. The highest BCUT2D eigenvalue weighted by atomic mass is 16.5. The summed E-state index contributed by atoms with van der Waals surface area (Å²) in [6.07, 6.45) is 0. The molecule has 2 aromatic heterocycles. The molecular formula is C18H19N5O4. The first-order chi connectivity index (χ1) is 12.8. The van der Waals surface area contributed by atoms with Gasteiger partial charge in [-0.3, -0.25) is 19.0 Å². The second-order valence-corrected chi connectivity index (χ2v) is 6.57. The lowest BCUT2D eigenvalue weighted by molar-refractivity contribution is 0.373. The van der Waals surface area contributed by atoms with Crippen LogP contribution in [0.1, 0.15) is 28.3 Å². The molecule has 1 aliphatic heterocycles. The van der Waals surface area contributed by atoms with Gasteiger partial charge in [-0.1, -0.05) is 6.07 Å². The quantitative estimate of drug-likeness (QED) is 0.487. The zero-order chi connectivity index (χ0) is 19.5. The van der Waals surface area contributed by atoms with Crippen LogP contribution in [0, 0.1) is 6.92 Å². The number of hydrogen-bond donors (Lipinski definition) is 3. The molecule has 1 aromatic carbocycles. The molecule has 0 saturated heterocycles. The topological polar surface area (TPSA) is 114 Å². The summed E-state index contributed by atoms with van der Waals surface area (Å²) in [5.41, 5.74) is 1.87. The van der Waals surface area contributed by atoms with Crippen molar-refractivity contribution in [3.8, 4) is 11.5 Å². The van der Waals surface area contributed by atoms with Crippen LogP contribution in [0.25, 0.3) is 0 Å². The third-order valence-corrected chi connectivity index (χ3v) is 5.04. The van der Waals surface area contributed by atoms with Gasteiger partial charge in [-0.05, 0) is 24.6 Å². The molecule has 0 bridgehead atoms. The summed E-state index contributed by atoms with van der Waals surface area (Å²) in [6.45, 7) is 1.86. The lowest BCUT2D eigenvalue weighted by Gasteiger charge is -2.28. The van der Waals surface area contributed by atoms with Crippen LogP contribution in [0.3, 0.4) is 0 Å². The molecule has 0 unspecified atom stereocenters. The van der Waals surface area contributed by atoms with Crippen LogP contribution < -0.4 is 21.3 Å². The van der Waals surface area contributed by atoms with Crippen molar-refractivity contribution in [1.29, 1.82) is 0 Å². The largest absolute Gasteiger partial charge is 0.504 e. The van der Waals surface area contributed by atoms with E-state index in [1.54, 1.807) is 25.2 Å². The van der Waals surface area contributed by atoms with E-state index in [4.69, 9.17) is 4.74 Å². The van der Waals surface area contributed by atoms with Gasteiger partial charge in [-0.25, -0.2) is 4.79 Å². The van der Waals surface area contributed by atoms with Crippen LogP contribution in [0.4, 0.5) is 11.6 Å². The summed E-state index contributed by atoms with van der Waals surface area (Å²) in [5, 5.41) is 20.5. The summed E-state index contributed by atoms with van der Waals surface area (Å²) in [4.78, 5) is 25.4. The Morgan fingerprint density at radius 1 is 1.19 bits per heavy atom. The minimum atomic E-state index is -0.502. The smallest absolute Gasteiger partial charge is 0.332 e. The van der Waals surface area contributed by atoms with Crippen molar-refractivity contribution in [3.63, 3.8) is 0 Å². The number of aryl methyl sites for hydroxylation is 1. The monoisotopic (exact) mass is 369 g/mol. The van der Waals surface area contributed by atoms with E-state index in [0.29, 0.717) is 28.5 Å². The average Bonchev–Trinajstić information content (AvgIpc) is 3.03. The van der Waals surface area contributed by atoms with E-state index in [1.807, 2.05) is 6.92 Å². The number of H-pyrrole nitrogens is 1. The molecule has 1 atom stereocenters. The number of benzene rings is 1. The summed E-state index contributed by atoms with van der Waals surface area (Å²) in [7, 11) is 4.52. The molecule has 0 spiro atoms. The fourth-order valence-corrected chi connectivity index (χ4v) is 3.64. The van der Waals surface area contributed by atoms with Gasteiger partial charge in [0.15, 0.2) is 17.3 Å². The Morgan fingerprint density at radius 2 is 1.93 bits per heavy atom. The molecule has 0 saturated carbocycles. The van der Waals surface area contributed by atoms with Gasteiger partial charge < -0.3 is 15.2 Å². The van der Waals surface area contributed by atoms with E-state index in [9.17, 15) is 14.7 Å². The number of phenolic OH excluding ortho intramolecular Hbond substituents is 1. The third kappa shape index (κ3) is 2.28. The van der Waals surface area contributed by atoms with E-state index in [0.717, 1.165) is 15.8 Å². The van der Waals surface area contributed by atoms with Crippen molar-refractivity contribution in [1.82, 2.24) is 19.3 Å². The summed E-state index contributed by atoms with van der Waals surface area (Å²) in [6, 6.07) is 5.01. The van der Waals surface area contributed by atoms with Gasteiger partial charge in [0.2, 0.25) is 0 Å². The van der Waals surface area contributed by atoms with Crippen molar-refractivity contribution in [3.05, 3.63) is 61.4 Å². The van der Waals surface area contributed by atoms with Gasteiger partial charge in [-0.2, -0.15) is 5.10 Å². The molecule has 0 fully saturated rings. The van der Waals surface area contributed by atoms with E-state index in [1.165, 1.54) is 18.7 Å². The Morgan fingerprint density at radius 3 is 2.59 bits per heavy atom. The maximum absolute atomic E-state index is 13.0. The fraction of sp³-hybridized carbons (Fsp3) is 0.278. The van der Waals surface area contributed by atoms with E-state index in [2.05, 4.69) is 15.5 Å². The standard InChI is InChI=1S/C18H19N5O4/c1-8-12-13(9-5-6-11(27-4)10(24)7-9)14-16(19-15(12)21-20-8)22(2)18(26)23(3)17(14)25/h5-7,13,24H,1-4H3,(H2,19,20,21)/t13-/m0/s1. The highest BCUT2D eigenvalue weighted by Gasteiger charge is 2.35. The van der Waals surface area contributed by atoms with Crippen molar-refractivity contribution in [2.75, 3.05) is 12.4 Å². The average molecular weight is 369 g/mol. The van der Waals surface area contributed by atoms with Crippen LogP contribution >= 0.6 is 0 Å². The Hall–Kier alpha value is -3.49. The number of anilines is 2. The van der Waals surface area contributed by atoms with Crippen LogP contribution in [0.15, 0.2) is 27.8 Å². The number of nitrogens with zero attached hydrogens (tertiary/aromatic N) is 3. The minimum absolute atomic E-state index is 0.0283. The lowest BCUT2D eigenvalue weighted by atomic mass is 9.83. The van der Waals surface area contributed by atoms with Crippen LogP contribution in [-0.2, 0) is 14.1 Å². The number of phenols is 1. The number of ether oxygens (including phenoxy) is 1. The van der Waals surface area contributed by atoms with Gasteiger partial charge in [-0.15, -0.1) is 0 Å². The van der Waals surface area contributed by atoms with Crippen molar-refractivity contribution < 1.29 is 9.84 Å². The Kier molecular flexibility index (Phi) is 3.62. The number of methoxy groups -OCH3 is 1. The fourth-order valence-electron chi connectivity index (χ4n) is 3.64. The highest BCUT2D eigenvalue weighted by molar-refractivity contribution is 5.72. The zero-order valence-corrected chi connectivity index (χ0v) is 15.3. The van der Waals surface area contributed by atoms with Crippen molar-refractivity contribution >= 4 is 11.6 Å². The van der Waals surface area contributed by atoms with Gasteiger partial charge >= 0.3 is 5.69 Å². The van der Waals surface area contributed by atoms with E-state index >= 15 is 0 Å². The highest BCUT2D eigenvalue weighted by Crippen LogP contribution is 2.44. The predicted octanol–water partition coefficient (Wildman–Crippen LogP) is 1.07. The van der Waals surface area contributed by atoms with Gasteiger partial charge in [0.1, 0.15) is 5.82 Å². The zero-order valence-electron chi connectivity index (χ0n) is 15.3. The second kappa shape index (κ2) is 5.76. The van der Waals surface area contributed by atoms with E-state index in [-0.39, 0.29) is 5.75 Å². The Bertz CT molecular complexity index is 1190. The first kappa shape index (κ1) is 17.0. The first-order valence-electron chi connectivity index (χ1n) is 8.33. The molecule has 9 heteroatoms. The Balaban J connectivity index is 2.08. The number of aromatic hydroxyl groups is 1. The van der Waals surface area contributed by atoms with Crippen molar-refractivity contribution in [2.45, 2.75) is 12.8 Å². The molecule has 3 aromatic rings. The van der Waals surface area contributed by atoms with Gasteiger partial charge in [0, 0.05) is 31.3 Å². The molecule has 3 N–H and O–H groups in total. The van der Waals surface area contributed by atoms with Crippen LogP contribution in [0.5, 0.6) is 11.5 Å². The number of aromatic nitrogens is 4. The molecule has 0 radical (unpaired) electrons. The SMILES string of the molecule is COc1ccc([C@H]2c3c(n[nH]c3C)Nc3c2c(=O)n(C)c(=O)n3C)cc1O. The first-order valence-corrected chi connectivity index (χ1v) is 8.33. The number of aromatic amines is 1. The Labute approximate surface area is 153 Å². The second-order valence-electron chi connectivity index (χ2n) is 6.57. The van der Waals surface area contributed by atoms with Crippen molar-refractivity contribution in [2.24, 2.45) is 14.1 Å². The summed E-state index contributed by atoms with van der Waals surface area (Å²) >= 11 is 0. The number of nitrogens with one attached hydrogen (secondary N) is 2. The molecule has 4 rings (SSSR count). The number of fused-ring (bicyclic) bond motifs is 2. The van der Waals surface area contributed by atoms with Crippen LogP contribution in [-0.4, -0.2) is 31.5 Å². The maximum atomic E-state index is 13.0.